The van der Waals surface area contributed by atoms with E-state index >= 15 is 0 Å². The molecule has 0 bridgehead atoms. The van der Waals surface area contributed by atoms with Gasteiger partial charge in [-0.25, -0.2) is 0 Å². The lowest BCUT2D eigenvalue weighted by molar-refractivity contribution is -0.332. The fourth-order valence-electron chi connectivity index (χ4n) is 2.92. The summed E-state index contributed by atoms with van der Waals surface area (Å²) in [6, 6.07) is 12.7. The Labute approximate surface area is 126 Å². The largest absolute Gasteiger partial charge is 0.462 e. The predicted molar refractivity (Wildman–Crippen MR) is 78.1 cm³/mol. The van der Waals surface area contributed by atoms with Gasteiger partial charge in [-0.3, -0.25) is 0 Å². The molecular formula is C16H18O6. The lowest BCUT2D eigenvalue weighted by Crippen LogP contribution is -2.76. The van der Waals surface area contributed by atoms with E-state index in [-0.39, 0.29) is 0 Å². The van der Waals surface area contributed by atoms with Crippen LogP contribution in [-0.2, 0) is 0 Å². The van der Waals surface area contributed by atoms with Gasteiger partial charge in [-0.1, -0.05) is 30.3 Å². The van der Waals surface area contributed by atoms with Gasteiger partial charge in [-0.15, -0.1) is 0 Å². The van der Waals surface area contributed by atoms with E-state index in [9.17, 15) is 20.4 Å². The first-order valence-corrected chi connectivity index (χ1v) is 7.01. The van der Waals surface area contributed by atoms with Crippen molar-refractivity contribution in [3.63, 3.8) is 0 Å². The summed E-state index contributed by atoms with van der Waals surface area (Å²) in [4.78, 5) is 0. The highest BCUT2D eigenvalue weighted by Crippen LogP contribution is 2.42. The lowest BCUT2D eigenvalue weighted by Gasteiger charge is -2.53. The second-order valence-corrected chi connectivity index (χ2v) is 5.59. The maximum Gasteiger partial charge on any atom is 0.229 e. The smallest absolute Gasteiger partial charge is 0.229 e. The molecule has 1 saturated carbocycles. The van der Waals surface area contributed by atoms with Gasteiger partial charge in [0.05, 0.1) is 12.7 Å². The minimum atomic E-state index is -2.11. The standard InChI is InChI=1S/C16H18O6/c17-8-12-13(18)14(19)16(12,21)15(20)22-11-6-5-9-3-1-2-4-10(9)7-11/h1-7,12-15,17-21H,8H2. The van der Waals surface area contributed by atoms with E-state index in [1.807, 2.05) is 24.3 Å². The molecule has 6 nitrogen and oxygen atoms in total. The van der Waals surface area contributed by atoms with Crippen LogP contribution in [0, 0.1) is 5.92 Å². The van der Waals surface area contributed by atoms with E-state index < -0.39 is 36.6 Å². The molecule has 22 heavy (non-hydrogen) atoms. The van der Waals surface area contributed by atoms with Crippen molar-refractivity contribution in [3.8, 4) is 5.75 Å². The van der Waals surface area contributed by atoms with E-state index in [1.54, 1.807) is 18.2 Å². The molecule has 0 aliphatic heterocycles. The quantitative estimate of drug-likeness (QED) is 0.492. The molecule has 5 atom stereocenters. The van der Waals surface area contributed by atoms with Gasteiger partial charge in [-0.05, 0) is 22.9 Å². The van der Waals surface area contributed by atoms with Gasteiger partial charge in [0.1, 0.15) is 11.9 Å². The van der Waals surface area contributed by atoms with Gasteiger partial charge in [0.25, 0.3) is 0 Å². The van der Waals surface area contributed by atoms with Crippen LogP contribution >= 0.6 is 0 Å². The number of aliphatic hydroxyl groups excluding tert-OH is 4. The number of fused-ring (bicyclic) bond motifs is 1. The van der Waals surface area contributed by atoms with Gasteiger partial charge in [0.2, 0.25) is 6.29 Å². The molecule has 1 fully saturated rings. The first kappa shape index (κ1) is 15.2. The van der Waals surface area contributed by atoms with Crippen LogP contribution in [0.4, 0.5) is 0 Å². The summed E-state index contributed by atoms with van der Waals surface area (Å²) < 4.78 is 5.30. The summed E-state index contributed by atoms with van der Waals surface area (Å²) >= 11 is 0. The van der Waals surface area contributed by atoms with Crippen molar-refractivity contribution >= 4 is 10.8 Å². The molecule has 2 aromatic carbocycles. The zero-order valence-electron chi connectivity index (χ0n) is 11.7. The van der Waals surface area contributed by atoms with Crippen LogP contribution in [0.15, 0.2) is 42.5 Å². The van der Waals surface area contributed by atoms with Crippen molar-refractivity contribution in [3.05, 3.63) is 42.5 Å². The Morgan fingerprint density at radius 3 is 2.45 bits per heavy atom. The topological polar surface area (TPSA) is 110 Å². The van der Waals surface area contributed by atoms with E-state index in [4.69, 9.17) is 9.84 Å². The Kier molecular flexibility index (Phi) is 3.80. The molecule has 5 unspecified atom stereocenters. The van der Waals surface area contributed by atoms with E-state index in [1.165, 1.54) is 0 Å². The fraction of sp³-hybridized carbons (Fsp3) is 0.375. The van der Waals surface area contributed by atoms with Gasteiger partial charge in [0, 0.05) is 5.92 Å². The summed E-state index contributed by atoms with van der Waals surface area (Å²) in [6.45, 7) is -0.577. The first-order chi connectivity index (χ1) is 10.5. The highest BCUT2D eigenvalue weighted by molar-refractivity contribution is 5.83. The summed E-state index contributed by atoms with van der Waals surface area (Å²) in [6.07, 6.45) is -4.66. The van der Waals surface area contributed by atoms with Gasteiger partial charge < -0.3 is 30.3 Å². The van der Waals surface area contributed by atoms with Crippen molar-refractivity contribution in [2.24, 2.45) is 5.92 Å². The highest BCUT2D eigenvalue weighted by atomic mass is 16.6. The molecule has 0 radical (unpaired) electrons. The maximum absolute atomic E-state index is 10.3. The molecule has 2 aromatic rings. The number of benzene rings is 2. The Morgan fingerprint density at radius 1 is 1.09 bits per heavy atom. The zero-order chi connectivity index (χ0) is 15.9. The number of hydrogen-bond donors (Lipinski definition) is 5. The molecule has 1 aliphatic carbocycles. The van der Waals surface area contributed by atoms with Crippen LogP contribution < -0.4 is 4.74 Å². The molecule has 0 aromatic heterocycles. The van der Waals surface area contributed by atoms with Crippen LogP contribution in [-0.4, -0.2) is 56.2 Å². The summed E-state index contributed by atoms with van der Waals surface area (Å²) in [7, 11) is 0. The molecule has 0 spiro atoms. The Hall–Kier alpha value is -1.70. The average Bonchev–Trinajstić information content (AvgIpc) is 2.54. The van der Waals surface area contributed by atoms with E-state index in [0.717, 1.165) is 10.8 Å². The fourth-order valence-corrected chi connectivity index (χ4v) is 2.92. The Bertz CT molecular complexity index is 674. The molecule has 0 amide bonds. The molecule has 0 heterocycles. The van der Waals surface area contributed by atoms with Crippen LogP contribution in [0.3, 0.4) is 0 Å². The van der Waals surface area contributed by atoms with E-state index in [2.05, 4.69) is 0 Å². The third kappa shape index (κ3) is 2.16. The highest BCUT2D eigenvalue weighted by Gasteiger charge is 2.65. The molecule has 6 heteroatoms. The zero-order valence-corrected chi connectivity index (χ0v) is 11.7. The van der Waals surface area contributed by atoms with Crippen molar-refractivity contribution in [1.82, 2.24) is 0 Å². The van der Waals surface area contributed by atoms with Crippen molar-refractivity contribution in [2.75, 3.05) is 6.61 Å². The summed E-state index contributed by atoms with van der Waals surface area (Å²) in [5.41, 5.74) is -2.11. The van der Waals surface area contributed by atoms with Gasteiger partial charge in [0.15, 0.2) is 5.60 Å². The van der Waals surface area contributed by atoms with Crippen LogP contribution in [0.5, 0.6) is 5.75 Å². The monoisotopic (exact) mass is 306 g/mol. The Balaban J connectivity index is 1.82. The van der Waals surface area contributed by atoms with Crippen molar-refractivity contribution in [1.29, 1.82) is 0 Å². The normalized spacial score (nSPS) is 32.5. The van der Waals surface area contributed by atoms with Crippen molar-refractivity contribution < 1.29 is 30.3 Å². The molecule has 0 saturated heterocycles. The van der Waals surface area contributed by atoms with Crippen LogP contribution in [0.25, 0.3) is 10.8 Å². The second kappa shape index (κ2) is 5.49. The summed E-state index contributed by atoms with van der Waals surface area (Å²) in [5.74, 6) is -0.761. The van der Waals surface area contributed by atoms with Crippen LogP contribution in [0.2, 0.25) is 0 Å². The third-order valence-electron chi connectivity index (χ3n) is 4.36. The number of hydrogen-bond acceptors (Lipinski definition) is 6. The van der Waals surface area contributed by atoms with Crippen molar-refractivity contribution in [2.45, 2.75) is 24.1 Å². The number of rotatable bonds is 4. The maximum atomic E-state index is 10.3. The SMILES string of the molecule is OCC1C(O)C(O)C1(O)C(O)Oc1ccc2ccccc2c1. The van der Waals surface area contributed by atoms with Gasteiger partial charge >= 0.3 is 0 Å². The number of aliphatic hydroxyl groups is 5. The number of ether oxygens (including phenoxy) is 1. The lowest BCUT2D eigenvalue weighted by atomic mass is 9.64. The molecule has 118 valence electrons. The summed E-state index contributed by atoms with van der Waals surface area (Å²) in [5, 5.41) is 50.7. The Morgan fingerprint density at radius 2 is 1.77 bits per heavy atom. The van der Waals surface area contributed by atoms with E-state index in [0.29, 0.717) is 5.75 Å². The van der Waals surface area contributed by atoms with Gasteiger partial charge in [-0.2, -0.15) is 0 Å². The third-order valence-corrected chi connectivity index (χ3v) is 4.36. The first-order valence-electron chi connectivity index (χ1n) is 7.01. The average molecular weight is 306 g/mol. The molecular weight excluding hydrogens is 288 g/mol. The predicted octanol–water partition coefficient (Wildman–Crippen LogP) is -0.388. The minimum absolute atomic E-state index is 0.310. The molecule has 1 aliphatic rings. The molecule has 5 N–H and O–H groups in total. The van der Waals surface area contributed by atoms with Crippen LogP contribution in [0.1, 0.15) is 0 Å². The second-order valence-electron chi connectivity index (χ2n) is 5.59. The molecule has 3 rings (SSSR count). The minimum Gasteiger partial charge on any atom is -0.462 e.